The highest BCUT2D eigenvalue weighted by Crippen LogP contribution is 2.65. The molecule has 0 N–H and O–H groups in total. The molecule has 0 saturated carbocycles. The van der Waals surface area contributed by atoms with Gasteiger partial charge in [0.1, 0.15) is 0 Å². The second-order valence-electron chi connectivity index (χ2n) is 10.8. The Bertz CT molecular complexity index is 2040. The summed E-state index contributed by atoms with van der Waals surface area (Å²) < 4.78 is 0. The van der Waals surface area contributed by atoms with Crippen LogP contribution in [0.5, 0.6) is 0 Å². The largest absolute Gasteiger partial charge is 0.208 e. The Morgan fingerprint density at radius 1 is 0.405 bits per heavy atom. The molecular weight excluding hydrogens is 531 g/mol. The van der Waals surface area contributed by atoms with Gasteiger partial charge in [-0.1, -0.05) is 133 Å². The molecule has 2 aliphatic rings. The molecule has 9 rings (SSSR count). The van der Waals surface area contributed by atoms with Crippen LogP contribution in [0.15, 0.2) is 140 Å². The normalized spacial score (nSPS) is 13.4. The van der Waals surface area contributed by atoms with Crippen molar-refractivity contribution < 1.29 is 0 Å². The van der Waals surface area contributed by atoms with Crippen molar-refractivity contribution in [2.75, 3.05) is 0 Å². The van der Waals surface area contributed by atoms with E-state index in [2.05, 4.69) is 103 Å². The van der Waals surface area contributed by atoms with Crippen LogP contribution in [0.4, 0.5) is 0 Å². The third-order valence-corrected chi connectivity index (χ3v) is 9.82. The lowest BCUT2D eigenvalue weighted by molar-refractivity contribution is 0.811. The molecule has 196 valence electrons. The Morgan fingerprint density at radius 2 is 0.810 bits per heavy atom. The van der Waals surface area contributed by atoms with Gasteiger partial charge in [0.05, 0.1) is 10.3 Å². The molecule has 0 amide bonds. The summed E-state index contributed by atoms with van der Waals surface area (Å²) in [6.07, 6.45) is 0. The predicted molar refractivity (Wildman–Crippen MR) is 170 cm³/mol. The van der Waals surface area contributed by atoms with E-state index in [4.69, 9.17) is 15.0 Å². The summed E-state index contributed by atoms with van der Waals surface area (Å²) in [4.78, 5) is 17.4. The molecule has 0 unspecified atom stereocenters. The van der Waals surface area contributed by atoms with Crippen LogP contribution in [-0.2, 0) is 5.41 Å². The molecule has 7 aromatic rings. The number of thiophene rings is 1. The summed E-state index contributed by atoms with van der Waals surface area (Å²) in [5, 5.41) is 0. The molecule has 2 aliphatic carbocycles. The maximum atomic E-state index is 5.06. The van der Waals surface area contributed by atoms with Crippen LogP contribution < -0.4 is 0 Å². The van der Waals surface area contributed by atoms with Crippen molar-refractivity contribution in [2.45, 2.75) is 5.41 Å². The molecule has 0 bridgehead atoms. The minimum absolute atomic E-state index is 0.362. The molecule has 2 heterocycles. The minimum atomic E-state index is -0.362. The van der Waals surface area contributed by atoms with E-state index in [1.807, 2.05) is 47.7 Å². The molecule has 0 atom stereocenters. The highest BCUT2D eigenvalue weighted by atomic mass is 32.1. The Morgan fingerprint density at radius 3 is 1.31 bits per heavy atom. The zero-order valence-corrected chi connectivity index (χ0v) is 23.3. The van der Waals surface area contributed by atoms with Gasteiger partial charge in [-0.15, -0.1) is 11.3 Å². The minimum Gasteiger partial charge on any atom is -0.208 e. The van der Waals surface area contributed by atoms with Crippen LogP contribution in [0, 0.1) is 0 Å². The number of hydrogen-bond donors (Lipinski definition) is 0. The van der Waals surface area contributed by atoms with E-state index in [0.29, 0.717) is 17.5 Å². The maximum Gasteiger partial charge on any atom is 0.174 e. The third-order valence-electron chi connectivity index (χ3n) is 8.57. The summed E-state index contributed by atoms with van der Waals surface area (Å²) in [5.41, 5.74) is 10.8. The van der Waals surface area contributed by atoms with Gasteiger partial charge in [-0.2, -0.15) is 0 Å². The van der Waals surface area contributed by atoms with Crippen LogP contribution in [0.3, 0.4) is 0 Å². The zero-order chi connectivity index (χ0) is 27.7. The van der Waals surface area contributed by atoms with Crippen molar-refractivity contribution in [2.24, 2.45) is 0 Å². The first-order chi connectivity index (χ1) is 20.8. The summed E-state index contributed by atoms with van der Waals surface area (Å²) in [6, 6.07) is 49.3. The van der Waals surface area contributed by atoms with Gasteiger partial charge >= 0.3 is 0 Å². The summed E-state index contributed by atoms with van der Waals surface area (Å²) in [6.45, 7) is 0. The number of benzene rings is 5. The first kappa shape index (κ1) is 23.5. The van der Waals surface area contributed by atoms with E-state index >= 15 is 0 Å². The monoisotopic (exact) mass is 553 g/mol. The van der Waals surface area contributed by atoms with Gasteiger partial charge in [-0.05, 0) is 45.0 Å². The average molecular weight is 554 g/mol. The third kappa shape index (κ3) is 3.18. The Balaban J connectivity index is 1.32. The number of rotatable bonds is 3. The van der Waals surface area contributed by atoms with E-state index in [-0.39, 0.29) is 5.41 Å². The summed E-state index contributed by atoms with van der Waals surface area (Å²) in [7, 11) is 0. The number of aromatic nitrogens is 3. The second kappa shape index (κ2) is 8.90. The molecule has 1 spiro atoms. The number of nitrogens with zero attached hydrogens (tertiary/aromatic N) is 3. The maximum absolute atomic E-state index is 5.06. The zero-order valence-electron chi connectivity index (χ0n) is 22.5. The SMILES string of the molecule is c1ccc(-c2nc(-c3ccccc3)nc(-c3cc4c(s3)C3(c5ccccc5-c5ccccc53)c3ccccc3-4)n2)cc1. The van der Waals surface area contributed by atoms with E-state index in [9.17, 15) is 0 Å². The van der Waals surface area contributed by atoms with Crippen molar-refractivity contribution in [3.8, 4) is 55.7 Å². The van der Waals surface area contributed by atoms with Crippen LogP contribution in [0.25, 0.3) is 55.7 Å². The Hall–Kier alpha value is -5.19. The lowest BCUT2D eigenvalue weighted by atomic mass is 9.74. The number of hydrogen-bond acceptors (Lipinski definition) is 4. The predicted octanol–water partition coefficient (Wildman–Crippen LogP) is 9.28. The van der Waals surface area contributed by atoms with Gasteiger partial charge in [0.15, 0.2) is 17.5 Å². The molecule has 0 saturated heterocycles. The van der Waals surface area contributed by atoms with Crippen molar-refractivity contribution >= 4 is 11.3 Å². The molecule has 2 aromatic heterocycles. The van der Waals surface area contributed by atoms with Crippen molar-refractivity contribution in [3.05, 3.63) is 161 Å². The van der Waals surface area contributed by atoms with Gasteiger partial charge in [-0.25, -0.2) is 15.0 Å². The Kier molecular flexibility index (Phi) is 4.98. The average Bonchev–Trinajstić information content (AvgIpc) is 3.72. The number of fused-ring (bicyclic) bond motifs is 10. The molecule has 0 aliphatic heterocycles. The topological polar surface area (TPSA) is 38.7 Å². The molecule has 4 heteroatoms. The molecule has 0 fully saturated rings. The highest BCUT2D eigenvalue weighted by molar-refractivity contribution is 7.16. The van der Waals surface area contributed by atoms with Gasteiger partial charge in [0.25, 0.3) is 0 Å². The van der Waals surface area contributed by atoms with Gasteiger partial charge < -0.3 is 0 Å². The molecular formula is C38H23N3S. The molecule has 3 nitrogen and oxygen atoms in total. The van der Waals surface area contributed by atoms with Crippen LogP contribution in [-0.4, -0.2) is 15.0 Å². The van der Waals surface area contributed by atoms with Gasteiger partial charge in [0, 0.05) is 16.0 Å². The quantitative estimate of drug-likeness (QED) is 0.219. The van der Waals surface area contributed by atoms with E-state index in [0.717, 1.165) is 16.0 Å². The lowest BCUT2D eigenvalue weighted by Crippen LogP contribution is -2.24. The second-order valence-corrected chi connectivity index (χ2v) is 11.8. The molecule has 5 aromatic carbocycles. The fourth-order valence-corrected chi connectivity index (χ4v) is 8.18. The fourth-order valence-electron chi connectivity index (χ4n) is 6.84. The van der Waals surface area contributed by atoms with E-state index in [1.54, 1.807) is 0 Å². The van der Waals surface area contributed by atoms with E-state index in [1.165, 1.54) is 43.8 Å². The van der Waals surface area contributed by atoms with Gasteiger partial charge in [-0.3, -0.25) is 0 Å². The Labute approximate surface area is 247 Å². The summed E-state index contributed by atoms with van der Waals surface area (Å²) >= 11 is 1.81. The van der Waals surface area contributed by atoms with Crippen molar-refractivity contribution in [1.82, 2.24) is 15.0 Å². The first-order valence-electron chi connectivity index (χ1n) is 14.1. The van der Waals surface area contributed by atoms with Gasteiger partial charge in [0.2, 0.25) is 0 Å². The van der Waals surface area contributed by atoms with Crippen LogP contribution >= 0.6 is 11.3 Å². The first-order valence-corrected chi connectivity index (χ1v) is 14.9. The van der Waals surface area contributed by atoms with Crippen LogP contribution in [0.2, 0.25) is 0 Å². The van der Waals surface area contributed by atoms with E-state index < -0.39 is 0 Å². The summed E-state index contributed by atoms with van der Waals surface area (Å²) in [5.74, 6) is 2.06. The highest BCUT2D eigenvalue weighted by Gasteiger charge is 2.52. The smallest absolute Gasteiger partial charge is 0.174 e. The van der Waals surface area contributed by atoms with Crippen LogP contribution in [0.1, 0.15) is 21.6 Å². The standard InChI is InChI=1S/C38H23N3S/c1-3-13-24(14-4-1)35-39-36(25-15-5-2-6-16-25)41-37(40-35)33-23-29-28-19-9-12-22-32(28)38(34(29)42-33)30-20-10-7-17-26(30)27-18-8-11-21-31(27)38/h1-23H. The lowest BCUT2D eigenvalue weighted by Gasteiger charge is -2.29. The molecule has 42 heavy (non-hydrogen) atoms. The fraction of sp³-hybridized carbons (Fsp3) is 0.0263. The molecule has 0 radical (unpaired) electrons. The van der Waals surface area contributed by atoms with Crippen molar-refractivity contribution in [3.63, 3.8) is 0 Å². The van der Waals surface area contributed by atoms with Crippen molar-refractivity contribution in [1.29, 1.82) is 0 Å².